The van der Waals surface area contributed by atoms with E-state index in [2.05, 4.69) is 4.90 Å². The molecule has 16 heavy (non-hydrogen) atoms. The molecule has 1 aliphatic rings. The first-order valence-corrected chi connectivity index (χ1v) is 7.49. The molecule has 0 aliphatic carbocycles. The van der Waals surface area contributed by atoms with Crippen LogP contribution in [0.25, 0.3) is 0 Å². The van der Waals surface area contributed by atoms with Gasteiger partial charge in [-0.1, -0.05) is 6.92 Å². The molecular weight excluding hydrogens is 228 g/mol. The SMILES string of the molecule is CCN(CCN1CCOCC1)S(=O)(=O)CC. The average Bonchev–Trinajstić information content (AvgIpc) is 2.31. The van der Waals surface area contributed by atoms with Gasteiger partial charge in [0.25, 0.3) is 0 Å². The lowest BCUT2D eigenvalue weighted by molar-refractivity contribution is 0.0364. The van der Waals surface area contributed by atoms with Gasteiger partial charge in [-0.15, -0.1) is 0 Å². The molecule has 0 unspecified atom stereocenters. The van der Waals surface area contributed by atoms with E-state index in [1.165, 1.54) is 0 Å². The molecule has 1 rings (SSSR count). The number of sulfonamides is 1. The van der Waals surface area contributed by atoms with E-state index in [4.69, 9.17) is 4.74 Å². The zero-order chi connectivity index (χ0) is 12.0. The Morgan fingerprint density at radius 1 is 1.25 bits per heavy atom. The van der Waals surface area contributed by atoms with Gasteiger partial charge >= 0.3 is 0 Å². The lowest BCUT2D eigenvalue weighted by Gasteiger charge is -2.29. The van der Waals surface area contributed by atoms with E-state index in [0.29, 0.717) is 13.1 Å². The third-order valence-electron chi connectivity index (χ3n) is 2.88. The molecule has 0 bridgehead atoms. The molecule has 0 N–H and O–H groups in total. The molecule has 0 atom stereocenters. The quantitative estimate of drug-likeness (QED) is 0.665. The molecule has 0 aromatic rings. The van der Waals surface area contributed by atoms with Gasteiger partial charge in [0, 0.05) is 32.7 Å². The minimum absolute atomic E-state index is 0.184. The summed E-state index contributed by atoms with van der Waals surface area (Å²) in [6.07, 6.45) is 0. The molecule has 0 aromatic heterocycles. The number of hydrogen-bond donors (Lipinski definition) is 0. The third-order valence-corrected chi connectivity index (χ3v) is 4.84. The highest BCUT2D eigenvalue weighted by atomic mass is 32.2. The van der Waals surface area contributed by atoms with E-state index in [9.17, 15) is 8.42 Å². The van der Waals surface area contributed by atoms with Crippen molar-refractivity contribution >= 4 is 10.0 Å². The standard InChI is InChI=1S/C10H22N2O3S/c1-3-12(16(13,14)4-2)6-5-11-7-9-15-10-8-11/h3-10H2,1-2H3. The average molecular weight is 250 g/mol. The van der Waals surface area contributed by atoms with Crippen molar-refractivity contribution in [1.29, 1.82) is 0 Å². The van der Waals surface area contributed by atoms with Gasteiger partial charge in [0.1, 0.15) is 0 Å². The Hall–Kier alpha value is -0.170. The van der Waals surface area contributed by atoms with Crippen molar-refractivity contribution in [3.05, 3.63) is 0 Å². The minimum Gasteiger partial charge on any atom is -0.379 e. The van der Waals surface area contributed by atoms with Crippen molar-refractivity contribution in [3.63, 3.8) is 0 Å². The molecule has 0 amide bonds. The Balaban J connectivity index is 2.39. The van der Waals surface area contributed by atoms with E-state index in [0.717, 1.165) is 32.8 Å². The van der Waals surface area contributed by atoms with Crippen molar-refractivity contribution in [3.8, 4) is 0 Å². The maximum absolute atomic E-state index is 11.7. The highest BCUT2D eigenvalue weighted by molar-refractivity contribution is 7.89. The van der Waals surface area contributed by atoms with E-state index in [-0.39, 0.29) is 5.75 Å². The molecule has 1 fully saturated rings. The van der Waals surface area contributed by atoms with Crippen LogP contribution in [0.3, 0.4) is 0 Å². The Morgan fingerprint density at radius 2 is 1.88 bits per heavy atom. The summed E-state index contributed by atoms with van der Waals surface area (Å²) in [5.74, 6) is 0.184. The van der Waals surface area contributed by atoms with Gasteiger partial charge in [-0.05, 0) is 6.92 Å². The molecule has 6 heteroatoms. The van der Waals surface area contributed by atoms with Gasteiger partial charge in [0.15, 0.2) is 0 Å². The van der Waals surface area contributed by atoms with Crippen LogP contribution < -0.4 is 0 Å². The van der Waals surface area contributed by atoms with Gasteiger partial charge in [-0.3, -0.25) is 4.90 Å². The summed E-state index contributed by atoms with van der Waals surface area (Å²) in [4.78, 5) is 2.25. The summed E-state index contributed by atoms with van der Waals surface area (Å²) < 4.78 is 30.2. The highest BCUT2D eigenvalue weighted by Gasteiger charge is 2.19. The lowest BCUT2D eigenvalue weighted by atomic mass is 10.4. The summed E-state index contributed by atoms with van der Waals surface area (Å²) in [6.45, 7) is 8.84. The van der Waals surface area contributed by atoms with Gasteiger partial charge in [0.2, 0.25) is 10.0 Å². The summed E-state index contributed by atoms with van der Waals surface area (Å²) in [6, 6.07) is 0. The van der Waals surface area contributed by atoms with Crippen LogP contribution in [0.15, 0.2) is 0 Å². The Labute approximate surface area is 98.4 Å². The normalized spacial score (nSPS) is 19.2. The second-order valence-electron chi connectivity index (χ2n) is 3.85. The zero-order valence-electron chi connectivity index (χ0n) is 10.2. The van der Waals surface area contributed by atoms with Crippen LogP contribution in [0.4, 0.5) is 0 Å². The predicted octanol–water partition coefficient (Wildman–Crippen LogP) is -0.00980. The van der Waals surface area contributed by atoms with Gasteiger partial charge < -0.3 is 4.74 Å². The van der Waals surface area contributed by atoms with Gasteiger partial charge in [0.05, 0.1) is 19.0 Å². The van der Waals surface area contributed by atoms with Crippen LogP contribution in [-0.2, 0) is 14.8 Å². The van der Waals surface area contributed by atoms with Crippen molar-refractivity contribution in [2.24, 2.45) is 0 Å². The molecule has 1 aliphatic heterocycles. The van der Waals surface area contributed by atoms with E-state index >= 15 is 0 Å². The molecule has 0 saturated carbocycles. The number of ether oxygens (including phenoxy) is 1. The summed E-state index contributed by atoms with van der Waals surface area (Å²) >= 11 is 0. The fraction of sp³-hybridized carbons (Fsp3) is 1.00. The number of rotatable bonds is 6. The van der Waals surface area contributed by atoms with Crippen LogP contribution in [0, 0.1) is 0 Å². The molecule has 0 radical (unpaired) electrons. The maximum Gasteiger partial charge on any atom is 0.213 e. The lowest BCUT2D eigenvalue weighted by Crippen LogP contribution is -2.43. The van der Waals surface area contributed by atoms with E-state index < -0.39 is 10.0 Å². The van der Waals surface area contributed by atoms with Crippen LogP contribution in [-0.4, -0.2) is 69.3 Å². The molecular formula is C10H22N2O3S. The summed E-state index contributed by atoms with van der Waals surface area (Å²) in [5, 5.41) is 0. The van der Waals surface area contributed by atoms with Crippen LogP contribution >= 0.6 is 0 Å². The Morgan fingerprint density at radius 3 is 2.38 bits per heavy atom. The smallest absolute Gasteiger partial charge is 0.213 e. The molecule has 96 valence electrons. The van der Waals surface area contributed by atoms with E-state index in [1.54, 1.807) is 11.2 Å². The van der Waals surface area contributed by atoms with Gasteiger partial charge in [-0.2, -0.15) is 0 Å². The van der Waals surface area contributed by atoms with Crippen molar-refractivity contribution in [1.82, 2.24) is 9.21 Å². The Kier molecular flexibility index (Phi) is 5.68. The predicted molar refractivity (Wildman–Crippen MR) is 64.0 cm³/mol. The maximum atomic E-state index is 11.7. The summed E-state index contributed by atoms with van der Waals surface area (Å²) in [5.41, 5.74) is 0. The van der Waals surface area contributed by atoms with Crippen molar-refractivity contribution < 1.29 is 13.2 Å². The molecule has 5 nitrogen and oxygen atoms in total. The fourth-order valence-electron chi connectivity index (χ4n) is 1.75. The number of morpholine rings is 1. The van der Waals surface area contributed by atoms with Crippen LogP contribution in [0.1, 0.15) is 13.8 Å². The molecule has 0 aromatic carbocycles. The second kappa shape index (κ2) is 6.54. The third kappa shape index (κ3) is 4.01. The first-order valence-electron chi connectivity index (χ1n) is 5.88. The van der Waals surface area contributed by atoms with Crippen molar-refractivity contribution in [2.75, 3.05) is 51.7 Å². The van der Waals surface area contributed by atoms with Gasteiger partial charge in [-0.25, -0.2) is 12.7 Å². The number of hydrogen-bond acceptors (Lipinski definition) is 4. The summed E-state index contributed by atoms with van der Waals surface area (Å²) in [7, 11) is -3.04. The fourth-order valence-corrected chi connectivity index (χ4v) is 2.87. The number of likely N-dealkylation sites (N-methyl/N-ethyl adjacent to an activating group) is 1. The van der Waals surface area contributed by atoms with E-state index in [1.807, 2.05) is 6.92 Å². The zero-order valence-corrected chi connectivity index (χ0v) is 11.0. The number of nitrogens with zero attached hydrogens (tertiary/aromatic N) is 2. The Bertz CT molecular complexity index is 286. The minimum atomic E-state index is -3.04. The largest absolute Gasteiger partial charge is 0.379 e. The molecule has 0 spiro atoms. The second-order valence-corrected chi connectivity index (χ2v) is 6.10. The molecule has 1 heterocycles. The monoisotopic (exact) mass is 250 g/mol. The molecule has 1 saturated heterocycles. The highest BCUT2D eigenvalue weighted by Crippen LogP contribution is 2.03. The van der Waals surface area contributed by atoms with Crippen LogP contribution in [0.5, 0.6) is 0 Å². The van der Waals surface area contributed by atoms with Crippen LogP contribution in [0.2, 0.25) is 0 Å². The topological polar surface area (TPSA) is 49.9 Å². The first kappa shape index (κ1) is 13.9. The van der Waals surface area contributed by atoms with Crippen molar-refractivity contribution in [2.45, 2.75) is 13.8 Å². The first-order chi connectivity index (χ1) is 7.60.